The van der Waals surface area contributed by atoms with Gasteiger partial charge in [0.25, 0.3) is 0 Å². The Morgan fingerprint density at radius 3 is 3.00 bits per heavy atom. The van der Waals surface area contributed by atoms with Crippen LogP contribution in [0.3, 0.4) is 0 Å². The van der Waals surface area contributed by atoms with Crippen molar-refractivity contribution in [2.75, 3.05) is 6.54 Å². The SMILES string of the molecule is [N-]=[N+]=NCCc1cccc(O)c1. The number of aromatic hydroxyl groups is 1. The van der Waals surface area contributed by atoms with E-state index in [9.17, 15) is 0 Å². The molecule has 4 heteroatoms. The van der Waals surface area contributed by atoms with Gasteiger partial charge in [-0.2, -0.15) is 0 Å². The van der Waals surface area contributed by atoms with Gasteiger partial charge in [0.2, 0.25) is 0 Å². The number of azide groups is 1. The summed E-state index contributed by atoms with van der Waals surface area (Å²) in [4.78, 5) is 2.64. The minimum atomic E-state index is 0.244. The molecule has 4 nitrogen and oxygen atoms in total. The average molecular weight is 163 g/mol. The molecule has 12 heavy (non-hydrogen) atoms. The topological polar surface area (TPSA) is 69.0 Å². The summed E-state index contributed by atoms with van der Waals surface area (Å²) in [5.41, 5.74) is 8.98. The van der Waals surface area contributed by atoms with Crippen molar-refractivity contribution in [3.63, 3.8) is 0 Å². The molecule has 0 aromatic heterocycles. The lowest BCUT2D eigenvalue weighted by molar-refractivity contribution is 0.474. The zero-order valence-electron chi connectivity index (χ0n) is 6.51. The third-order valence-electron chi connectivity index (χ3n) is 1.47. The average Bonchev–Trinajstić information content (AvgIpc) is 2.05. The monoisotopic (exact) mass is 163 g/mol. The Hall–Kier alpha value is -1.67. The molecule has 0 aliphatic carbocycles. The summed E-state index contributed by atoms with van der Waals surface area (Å²) >= 11 is 0. The van der Waals surface area contributed by atoms with Gasteiger partial charge in [0.15, 0.2) is 0 Å². The fourth-order valence-electron chi connectivity index (χ4n) is 0.936. The number of nitrogens with zero attached hydrogens (tertiary/aromatic N) is 3. The molecule has 0 aliphatic heterocycles. The number of hydrogen-bond donors (Lipinski definition) is 1. The minimum Gasteiger partial charge on any atom is -0.508 e. The molecule has 0 radical (unpaired) electrons. The van der Waals surface area contributed by atoms with E-state index < -0.39 is 0 Å². The highest BCUT2D eigenvalue weighted by molar-refractivity contribution is 5.27. The van der Waals surface area contributed by atoms with Crippen LogP contribution >= 0.6 is 0 Å². The second kappa shape index (κ2) is 4.26. The van der Waals surface area contributed by atoms with Gasteiger partial charge in [0, 0.05) is 11.5 Å². The first-order valence-electron chi connectivity index (χ1n) is 3.61. The zero-order valence-corrected chi connectivity index (χ0v) is 6.51. The van der Waals surface area contributed by atoms with E-state index in [0.29, 0.717) is 13.0 Å². The van der Waals surface area contributed by atoms with Gasteiger partial charge in [0.1, 0.15) is 5.75 Å². The Kier molecular flexibility index (Phi) is 2.99. The van der Waals surface area contributed by atoms with E-state index in [1.807, 2.05) is 6.07 Å². The number of phenols is 1. The molecular formula is C8H9N3O. The number of phenolic OH excluding ortho intramolecular Hbond substituents is 1. The van der Waals surface area contributed by atoms with Crippen molar-refractivity contribution in [3.05, 3.63) is 40.3 Å². The van der Waals surface area contributed by atoms with E-state index in [1.165, 1.54) is 0 Å². The quantitative estimate of drug-likeness (QED) is 0.414. The first kappa shape index (κ1) is 8.43. The smallest absolute Gasteiger partial charge is 0.115 e. The van der Waals surface area contributed by atoms with Crippen LogP contribution in [-0.2, 0) is 6.42 Å². The lowest BCUT2D eigenvalue weighted by Gasteiger charge is -1.97. The fraction of sp³-hybridized carbons (Fsp3) is 0.250. The molecule has 1 N–H and O–H groups in total. The maximum atomic E-state index is 9.07. The molecule has 0 fully saturated rings. The van der Waals surface area contributed by atoms with E-state index in [0.717, 1.165) is 5.56 Å². The van der Waals surface area contributed by atoms with Crippen molar-refractivity contribution in [2.24, 2.45) is 5.11 Å². The van der Waals surface area contributed by atoms with Crippen LogP contribution in [0.4, 0.5) is 0 Å². The lowest BCUT2D eigenvalue weighted by atomic mass is 10.1. The van der Waals surface area contributed by atoms with Gasteiger partial charge in [-0.25, -0.2) is 0 Å². The molecule has 0 aliphatic rings. The van der Waals surface area contributed by atoms with Crippen molar-refractivity contribution < 1.29 is 5.11 Å². The van der Waals surface area contributed by atoms with Crippen molar-refractivity contribution in [1.82, 2.24) is 0 Å². The van der Waals surface area contributed by atoms with Crippen LogP contribution in [0.5, 0.6) is 5.75 Å². The van der Waals surface area contributed by atoms with Crippen molar-refractivity contribution in [3.8, 4) is 5.75 Å². The number of hydrogen-bond acceptors (Lipinski definition) is 2. The van der Waals surface area contributed by atoms with E-state index in [2.05, 4.69) is 10.0 Å². The van der Waals surface area contributed by atoms with Gasteiger partial charge in [-0.05, 0) is 29.6 Å². The fourth-order valence-corrected chi connectivity index (χ4v) is 0.936. The van der Waals surface area contributed by atoms with Gasteiger partial charge < -0.3 is 5.11 Å². The maximum Gasteiger partial charge on any atom is 0.115 e. The molecule has 1 rings (SSSR count). The minimum absolute atomic E-state index is 0.244. The Morgan fingerprint density at radius 1 is 1.50 bits per heavy atom. The summed E-state index contributed by atoms with van der Waals surface area (Å²) in [5.74, 6) is 0.244. The molecule has 0 heterocycles. The molecule has 1 aromatic rings. The second-order valence-corrected chi connectivity index (χ2v) is 2.37. The Morgan fingerprint density at radius 2 is 2.33 bits per heavy atom. The molecule has 0 unspecified atom stereocenters. The largest absolute Gasteiger partial charge is 0.508 e. The summed E-state index contributed by atoms with van der Waals surface area (Å²) < 4.78 is 0. The van der Waals surface area contributed by atoms with Crippen molar-refractivity contribution >= 4 is 0 Å². The van der Waals surface area contributed by atoms with Crippen LogP contribution in [0.25, 0.3) is 10.4 Å². The van der Waals surface area contributed by atoms with Crippen molar-refractivity contribution in [1.29, 1.82) is 0 Å². The molecule has 0 atom stereocenters. The summed E-state index contributed by atoms with van der Waals surface area (Å²) in [6.07, 6.45) is 0.665. The molecule has 0 bridgehead atoms. The second-order valence-electron chi connectivity index (χ2n) is 2.37. The van der Waals surface area contributed by atoms with Crippen LogP contribution in [0, 0.1) is 0 Å². The number of rotatable bonds is 3. The van der Waals surface area contributed by atoms with Crippen LogP contribution in [0.1, 0.15) is 5.56 Å². The summed E-state index contributed by atoms with van der Waals surface area (Å²) in [6, 6.07) is 6.91. The van der Waals surface area contributed by atoms with Gasteiger partial charge >= 0.3 is 0 Å². The Balaban J connectivity index is 2.57. The van der Waals surface area contributed by atoms with Crippen LogP contribution < -0.4 is 0 Å². The normalized spacial score (nSPS) is 9.00. The van der Waals surface area contributed by atoms with Gasteiger partial charge in [-0.15, -0.1) is 0 Å². The first-order valence-corrected chi connectivity index (χ1v) is 3.61. The predicted octanol–water partition coefficient (Wildman–Crippen LogP) is 2.25. The maximum absolute atomic E-state index is 9.07. The van der Waals surface area contributed by atoms with Crippen LogP contribution in [0.2, 0.25) is 0 Å². The first-order chi connectivity index (χ1) is 5.83. The third kappa shape index (κ3) is 2.52. The molecular weight excluding hydrogens is 154 g/mol. The van der Waals surface area contributed by atoms with Gasteiger partial charge in [-0.1, -0.05) is 17.2 Å². The summed E-state index contributed by atoms with van der Waals surface area (Å²) in [7, 11) is 0. The van der Waals surface area contributed by atoms with Gasteiger partial charge in [-0.3, -0.25) is 0 Å². The van der Waals surface area contributed by atoms with Crippen molar-refractivity contribution in [2.45, 2.75) is 6.42 Å². The van der Waals surface area contributed by atoms with E-state index in [1.54, 1.807) is 18.2 Å². The molecule has 0 amide bonds. The highest BCUT2D eigenvalue weighted by atomic mass is 16.3. The summed E-state index contributed by atoms with van der Waals surface area (Å²) in [6.45, 7) is 0.431. The van der Waals surface area contributed by atoms with Crippen LogP contribution in [-0.4, -0.2) is 11.7 Å². The van der Waals surface area contributed by atoms with E-state index in [4.69, 9.17) is 10.6 Å². The van der Waals surface area contributed by atoms with Crippen LogP contribution in [0.15, 0.2) is 29.4 Å². The Labute approximate surface area is 70.1 Å². The highest BCUT2D eigenvalue weighted by Gasteiger charge is 1.92. The molecule has 1 aromatic carbocycles. The third-order valence-corrected chi connectivity index (χ3v) is 1.47. The predicted molar refractivity (Wildman–Crippen MR) is 45.8 cm³/mol. The molecule has 0 spiro atoms. The number of benzene rings is 1. The van der Waals surface area contributed by atoms with Gasteiger partial charge in [0.05, 0.1) is 0 Å². The summed E-state index contributed by atoms with van der Waals surface area (Å²) in [5, 5.41) is 12.5. The van der Waals surface area contributed by atoms with E-state index >= 15 is 0 Å². The Bertz CT molecular complexity index is 305. The standard InChI is InChI=1S/C8H9N3O/c9-11-10-5-4-7-2-1-3-8(12)6-7/h1-3,6,12H,4-5H2. The molecule has 62 valence electrons. The van der Waals surface area contributed by atoms with E-state index in [-0.39, 0.29) is 5.75 Å². The zero-order chi connectivity index (χ0) is 8.81. The molecule has 0 saturated carbocycles. The lowest BCUT2D eigenvalue weighted by Crippen LogP contribution is -1.86. The highest BCUT2D eigenvalue weighted by Crippen LogP contribution is 2.10. The molecule has 0 saturated heterocycles.